The lowest BCUT2D eigenvalue weighted by Crippen LogP contribution is -2.54. The highest BCUT2D eigenvalue weighted by molar-refractivity contribution is 5.77. The van der Waals surface area contributed by atoms with Crippen LogP contribution in [0.3, 0.4) is 0 Å². The predicted octanol–water partition coefficient (Wildman–Crippen LogP) is -0.376. The van der Waals surface area contributed by atoms with Gasteiger partial charge in [0.05, 0.1) is 18.8 Å². The van der Waals surface area contributed by atoms with E-state index >= 15 is 0 Å². The van der Waals surface area contributed by atoms with Crippen molar-refractivity contribution in [3.63, 3.8) is 0 Å². The lowest BCUT2D eigenvalue weighted by molar-refractivity contribution is -0.124. The molecule has 5 heteroatoms. The van der Waals surface area contributed by atoms with Crippen LogP contribution >= 0.6 is 0 Å². The van der Waals surface area contributed by atoms with Crippen LogP contribution in [0.15, 0.2) is 0 Å². The largest absolute Gasteiger partial charge is 0.394 e. The molecule has 0 aromatic carbocycles. The number of hydrogen-bond donors (Lipinski definition) is 4. The molecule has 0 bridgehead atoms. The number of aliphatic hydroxyl groups excluding tert-OH is 2. The Balaban J connectivity index is 4.01. The fraction of sp³-hybridized carbons (Fsp3) is 0.909. The molecule has 1 amide bonds. The quantitative estimate of drug-likeness (QED) is 0.460. The first kappa shape index (κ1) is 15.3. The fourth-order valence-corrected chi connectivity index (χ4v) is 1.27. The Labute approximate surface area is 97.2 Å². The van der Waals surface area contributed by atoms with Crippen molar-refractivity contribution in [1.82, 2.24) is 10.6 Å². The molecule has 0 rings (SSSR count). The highest BCUT2D eigenvalue weighted by Gasteiger charge is 2.28. The van der Waals surface area contributed by atoms with Crippen molar-refractivity contribution >= 4 is 5.91 Å². The monoisotopic (exact) mass is 232 g/mol. The van der Waals surface area contributed by atoms with Crippen LogP contribution < -0.4 is 10.6 Å². The predicted molar refractivity (Wildman–Crippen MR) is 63.1 cm³/mol. The molecule has 0 heterocycles. The van der Waals surface area contributed by atoms with E-state index in [9.17, 15) is 4.79 Å². The summed E-state index contributed by atoms with van der Waals surface area (Å²) in [7, 11) is 0. The second-order valence-electron chi connectivity index (χ2n) is 4.36. The third kappa shape index (κ3) is 5.44. The molecule has 0 aromatic heterocycles. The zero-order valence-corrected chi connectivity index (χ0v) is 10.4. The molecule has 0 unspecified atom stereocenters. The summed E-state index contributed by atoms with van der Waals surface area (Å²) in [6, 6.07) is 0.347. The van der Waals surface area contributed by atoms with Gasteiger partial charge in [-0.25, -0.2) is 0 Å². The Morgan fingerprint density at radius 3 is 2.25 bits per heavy atom. The highest BCUT2D eigenvalue weighted by Crippen LogP contribution is 2.08. The van der Waals surface area contributed by atoms with Crippen molar-refractivity contribution in [3.8, 4) is 0 Å². The number of carbonyl (C=O) groups excluding carboxylic acids is 1. The Kier molecular flexibility index (Phi) is 7.29. The maximum atomic E-state index is 11.5. The zero-order valence-electron chi connectivity index (χ0n) is 10.4. The molecule has 0 spiro atoms. The van der Waals surface area contributed by atoms with Crippen LogP contribution in [0.2, 0.25) is 0 Å². The van der Waals surface area contributed by atoms with E-state index in [1.165, 1.54) is 0 Å². The molecule has 0 aliphatic heterocycles. The number of hydrogen-bond acceptors (Lipinski definition) is 4. The van der Waals surface area contributed by atoms with Crippen LogP contribution in [0.1, 0.15) is 33.6 Å². The molecule has 0 aromatic rings. The second-order valence-corrected chi connectivity index (χ2v) is 4.36. The molecule has 0 radical (unpaired) electrons. The summed E-state index contributed by atoms with van der Waals surface area (Å²) >= 11 is 0. The Hall–Kier alpha value is -0.650. The van der Waals surface area contributed by atoms with E-state index in [1.54, 1.807) is 0 Å². The summed E-state index contributed by atoms with van der Waals surface area (Å²) in [5, 5.41) is 24.1. The van der Waals surface area contributed by atoms with Crippen molar-refractivity contribution in [2.75, 3.05) is 19.8 Å². The molecule has 0 aliphatic carbocycles. The summed E-state index contributed by atoms with van der Waals surface area (Å²) < 4.78 is 0. The molecular weight excluding hydrogens is 208 g/mol. The molecule has 0 fully saturated rings. The molecular formula is C11H24N2O3. The Morgan fingerprint density at radius 1 is 1.31 bits per heavy atom. The lowest BCUT2D eigenvalue weighted by atomic mass is 9.98. The third-order valence-corrected chi connectivity index (χ3v) is 2.59. The van der Waals surface area contributed by atoms with Crippen molar-refractivity contribution in [2.45, 2.75) is 45.2 Å². The first-order valence-corrected chi connectivity index (χ1v) is 5.75. The molecule has 0 aliphatic rings. The summed E-state index contributed by atoms with van der Waals surface area (Å²) in [6.07, 6.45) is 0.850. The average molecular weight is 232 g/mol. The van der Waals surface area contributed by atoms with E-state index in [-0.39, 0.29) is 19.1 Å². The number of rotatable bonds is 8. The van der Waals surface area contributed by atoms with Gasteiger partial charge in [-0.2, -0.15) is 0 Å². The molecule has 4 N–H and O–H groups in total. The molecule has 0 saturated carbocycles. The molecule has 96 valence electrons. The molecule has 0 saturated heterocycles. The summed E-state index contributed by atoms with van der Waals surface area (Å²) in [5.74, 6) is -0.155. The number of aliphatic hydroxyl groups is 2. The van der Waals surface area contributed by atoms with Gasteiger partial charge in [-0.3, -0.25) is 4.79 Å². The van der Waals surface area contributed by atoms with E-state index in [0.717, 1.165) is 0 Å². The van der Waals surface area contributed by atoms with Crippen LogP contribution in [0, 0.1) is 0 Å². The van der Waals surface area contributed by atoms with Crippen molar-refractivity contribution in [1.29, 1.82) is 0 Å². The SMILES string of the molecule is CCC(CO)(CO)NC(=O)CCNC(C)C. The van der Waals surface area contributed by atoms with Crippen LogP contribution in [0.4, 0.5) is 0 Å². The van der Waals surface area contributed by atoms with Crippen LogP contribution in [0.25, 0.3) is 0 Å². The van der Waals surface area contributed by atoms with E-state index in [1.807, 2.05) is 20.8 Å². The third-order valence-electron chi connectivity index (χ3n) is 2.59. The standard InChI is InChI=1S/C11H24N2O3/c1-4-11(7-14,8-15)13-10(16)5-6-12-9(2)3/h9,12,14-15H,4-8H2,1-3H3,(H,13,16). The van der Waals surface area contributed by atoms with Crippen molar-refractivity contribution < 1.29 is 15.0 Å². The van der Waals surface area contributed by atoms with E-state index in [2.05, 4.69) is 10.6 Å². The molecule has 0 atom stereocenters. The van der Waals surface area contributed by atoms with Gasteiger partial charge in [0.25, 0.3) is 0 Å². The van der Waals surface area contributed by atoms with Gasteiger partial charge < -0.3 is 20.8 Å². The minimum Gasteiger partial charge on any atom is -0.394 e. The molecule has 16 heavy (non-hydrogen) atoms. The van der Waals surface area contributed by atoms with Gasteiger partial charge in [0, 0.05) is 19.0 Å². The normalized spacial score (nSPS) is 11.9. The van der Waals surface area contributed by atoms with E-state index in [4.69, 9.17) is 10.2 Å². The number of amides is 1. The Bertz CT molecular complexity index is 195. The summed E-state index contributed by atoms with van der Waals surface area (Å²) in [5.41, 5.74) is -0.880. The fourth-order valence-electron chi connectivity index (χ4n) is 1.27. The van der Waals surface area contributed by atoms with E-state index in [0.29, 0.717) is 25.4 Å². The van der Waals surface area contributed by atoms with Gasteiger partial charge in [-0.1, -0.05) is 20.8 Å². The van der Waals surface area contributed by atoms with Gasteiger partial charge >= 0.3 is 0 Å². The van der Waals surface area contributed by atoms with Gasteiger partial charge in [-0.15, -0.1) is 0 Å². The van der Waals surface area contributed by atoms with Crippen LogP contribution in [-0.2, 0) is 4.79 Å². The second kappa shape index (κ2) is 7.60. The average Bonchev–Trinajstić information content (AvgIpc) is 2.25. The van der Waals surface area contributed by atoms with Crippen LogP contribution in [0.5, 0.6) is 0 Å². The Morgan fingerprint density at radius 2 is 1.88 bits per heavy atom. The maximum absolute atomic E-state index is 11.5. The van der Waals surface area contributed by atoms with Gasteiger partial charge in [-0.05, 0) is 6.42 Å². The number of carbonyl (C=O) groups is 1. The van der Waals surface area contributed by atoms with Crippen molar-refractivity contribution in [2.24, 2.45) is 0 Å². The van der Waals surface area contributed by atoms with Gasteiger partial charge in [0.2, 0.25) is 5.91 Å². The highest BCUT2D eigenvalue weighted by atomic mass is 16.3. The lowest BCUT2D eigenvalue weighted by Gasteiger charge is -2.29. The summed E-state index contributed by atoms with van der Waals surface area (Å²) in [4.78, 5) is 11.5. The minimum absolute atomic E-state index is 0.155. The maximum Gasteiger partial charge on any atom is 0.221 e. The zero-order chi connectivity index (χ0) is 12.6. The number of nitrogens with one attached hydrogen (secondary N) is 2. The van der Waals surface area contributed by atoms with Gasteiger partial charge in [0.1, 0.15) is 0 Å². The smallest absolute Gasteiger partial charge is 0.221 e. The molecule has 5 nitrogen and oxygen atoms in total. The first-order valence-electron chi connectivity index (χ1n) is 5.75. The first-order chi connectivity index (χ1) is 7.49. The van der Waals surface area contributed by atoms with Crippen LogP contribution in [-0.4, -0.2) is 47.5 Å². The van der Waals surface area contributed by atoms with E-state index < -0.39 is 5.54 Å². The minimum atomic E-state index is -0.880. The summed E-state index contributed by atoms with van der Waals surface area (Å²) in [6.45, 7) is 5.94. The van der Waals surface area contributed by atoms with Crippen molar-refractivity contribution in [3.05, 3.63) is 0 Å². The topological polar surface area (TPSA) is 81.6 Å². The van der Waals surface area contributed by atoms with Gasteiger partial charge in [0.15, 0.2) is 0 Å².